The number of rotatable bonds is 14. The molecule has 0 rings (SSSR count). The molecule has 0 spiro atoms. The number of halogens is 8. The van der Waals surface area contributed by atoms with Crippen molar-refractivity contribution >= 4 is 37.9 Å². The summed E-state index contributed by atoms with van der Waals surface area (Å²) in [6, 6.07) is 0. The first-order valence-corrected chi connectivity index (χ1v) is 19.2. The van der Waals surface area contributed by atoms with Crippen molar-refractivity contribution < 1.29 is 62.4 Å². The summed E-state index contributed by atoms with van der Waals surface area (Å²) in [5.74, 6) is -9.40. The Morgan fingerprint density at radius 1 is 0.861 bits per heavy atom. The molecule has 6 nitrogen and oxygen atoms in total. The van der Waals surface area contributed by atoms with Gasteiger partial charge in [0.2, 0.25) is 0 Å². The molecule has 0 bridgehead atoms. The van der Waals surface area contributed by atoms with Gasteiger partial charge >= 0.3 is 39.4 Å². The molecule has 0 saturated carbocycles. The zero-order chi connectivity index (χ0) is 28.8. The van der Waals surface area contributed by atoms with Gasteiger partial charge in [-0.15, -0.1) is 0 Å². The second-order valence-corrected chi connectivity index (χ2v) is 22.2. The molecular formula is C19H32F8O6Si3. The van der Waals surface area contributed by atoms with Crippen molar-refractivity contribution in [2.24, 2.45) is 0 Å². The molecule has 0 radical (unpaired) electrons. The van der Waals surface area contributed by atoms with Gasteiger partial charge in [0.1, 0.15) is 0 Å². The van der Waals surface area contributed by atoms with Crippen molar-refractivity contribution in [1.29, 1.82) is 0 Å². The van der Waals surface area contributed by atoms with Crippen molar-refractivity contribution in [3.63, 3.8) is 0 Å². The van der Waals surface area contributed by atoms with Crippen LogP contribution in [0.3, 0.4) is 0 Å². The number of carbonyl (C=O) groups excluding carboxylic acids is 2. The van der Waals surface area contributed by atoms with Crippen molar-refractivity contribution in [3.05, 3.63) is 12.2 Å². The predicted octanol–water partition coefficient (Wildman–Crippen LogP) is 5.85. The molecule has 0 aromatic rings. The van der Waals surface area contributed by atoms with Crippen LogP contribution in [0.15, 0.2) is 12.2 Å². The number of hydrogen-bond donors (Lipinski definition) is 0. The Balaban J connectivity index is 4.91. The molecule has 36 heavy (non-hydrogen) atoms. The monoisotopic (exact) mass is 592 g/mol. The van der Waals surface area contributed by atoms with Crippen molar-refractivity contribution in [3.8, 4) is 0 Å². The molecule has 0 aliphatic carbocycles. The minimum atomic E-state index is -5.97. The predicted molar refractivity (Wildman–Crippen MR) is 122 cm³/mol. The fourth-order valence-electron chi connectivity index (χ4n) is 2.36. The Kier molecular flexibility index (Phi) is 12.5. The van der Waals surface area contributed by atoms with Crippen LogP contribution in [-0.2, 0) is 27.3 Å². The topological polar surface area (TPSA) is 71.1 Å². The van der Waals surface area contributed by atoms with Crippen LogP contribution in [0.5, 0.6) is 0 Å². The summed E-state index contributed by atoms with van der Waals surface area (Å²) in [6.45, 7) is 13.7. The van der Waals surface area contributed by atoms with E-state index in [1.165, 1.54) is 0 Å². The van der Waals surface area contributed by atoms with E-state index in [9.17, 15) is 44.7 Å². The first kappa shape index (κ1) is 34.7. The fraction of sp³-hybridized carbons (Fsp3) is 0.789. The molecule has 0 heterocycles. The zero-order valence-electron chi connectivity index (χ0n) is 21.0. The molecule has 0 fully saturated rings. The maximum atomic E-state index is 13.4. The van der Waals surface area contributed by atoms with E-state index in [0.29, 0.717) is 12.5 Å². The summed E-state index contributed by atoms with van der Waals surface area (Å²) in [6.07, 6.45) is -18.1. The molecule has 17 heteroatoms. The lowest BCUT2D eigenvalue weighted by Crippen LogP contribution is -2.51. The number of esters is 2. The Morgan fingerprint density at radius 2 is 1.31 bits per heavy atom. The van der Waals surface area contributed by atoms with Crippen molar-refractivity contribution in [2.75, 3.05) is 6.61 Å². The molecule has 212 valence electrons. The van der Waals surface area contributed by atoms with E-state index >= 15 is 0 Å². The molecule has 0 aliphatic rings. The first-order valence-electron chi connectivity index (χ1n) is 10.8. The maximum absolute atomic E-state index is 13.4. The second-order valence-electron chi connectivity index (χ2n) is 9.94. The van der Waals surface area contributed by atoms with E-state index in [4.69, 9.17) is 13.0 Å². The minimum Gasteiger partial charge on any atom is -0.463 e. The average molecular weight is 593 g/mol. The van der Waals surface area contributed by atoms with Gasteiger partial charge in [-0.1, -0.05) is 6.92 Å². The van der Waals surface area contributed by atoms with E-state index in [1.54, 1.807) is 0 Å². The molecule has 0 saturated heterocycles. The van der Waals surface area contributed by atoms with Crippen LogP contribution >= 0.6 is 0 Å². The van der Waals surface area contributed by atoms with Gasteiger partial charge in [-0.05, 0) is 51.2 Å². The second kappa shape index (κ2) is 13.0. The Bertz CT molecular complexity index is 750. The molecule has 0 amide bonds. The third-order valence-electron chi connectivity index (χ3n) is 4.00. The summed E-state index contributed by atoms with van der Waals surface area (Å²) >= 11 is 0. The third kappa shape index (κ3) is 13.8. The van der Waals surface area contributed by atoms with Crippen LogP contribution in [0.4, 0.5) is 35.1 Å². The van der Waals surface area contributed by atoms with E-state index in [2.05, 4.69) is 4.74 Å². The SMILES string of the molecule is CC(CCOC(=O)C=CC(=O)OC(F)(F)C(F)(F)C(F)CC(F)(F)F)[SiH](O[Si](C)(C)C)O[Si](C)(C)C. The smallest absolute Gasteiger partial charge is 0.463 e. The zero-order valence-corrected chi connectivity index (χ0v) is 24.1. The van der Waals surface area contributed by atoms with Crippen LogP contribution in [-0.4, -0.2) is 68.8 Å². The number of alkyl halides is 8. The molecule has 2 unspecified atom stereocenters. The summed E-state index contributed by atoms with van der Waals surface area (Å²) in [5.41, 5.74) is -0.0866. The largest absolute Gasteiger partial charge is 0.469 e. The van der Waals surface area contributed by atoms with Gasteiger partial charge in [-0.25, -0.2) is 14.0 Å². The number of carbonyl (C=O) groups is 2. The molecule has 0 aliphatic heterocycles. The number of hydrogen-bond acceptors (Lipinski definition) is 6. The molecule has 0 aromatic heterocycles. The highest BCUT2D eigenvalue weighted by Gasteiger charge is 2.66. The highest BCUT2D eigenvalue weighted by atomic mass is 28.4. The highest BCUT2D eigenvalue weighted by Crippen LogP contribution is 2.43. The summed E-state index contributed by atoms with van der Waals surface area (Å²) in [4.78, 5) is 23.1. The Hall–Kier alpha value is -1.31. The highest BCUT2D eigenvalue weighted by molar-refractivity contribution is 6.81. The van der Waals surface area contributed by atoms with E-state index in [0.717, 1.165) is 0 Å². The molecule has 0 N–H and O–H groups in total. The number of ether oxygens (including phenoxy) is 2. The lowest BCUT2D eigenvalue weighted by Gasteiger charge is -2.33. The maximum Gasteiger partial charge on any atom is 0.469 e. The third-order valence-corrected chi connectivity index (χ3v) is 12.8. The summed E-state index contributed by atoms with van der Waals surface area (Å²) in [7, 11) is -6.01. The van der Waals surface area contributed by atoms with Gasteiger partial charge in [-0.2, -0.15) is 30.7 Å². The molecule has 0 aromatic carbocycles. The van der Waals surface area contributed by atoms with Crippen LogP contribution < -0.4 is 0 Å². The van der Waals surface area contributed by atoms with Crippen LogP contribution in [0.2, 0.25) is 44.8 Å². The van der Waals surface area contributed by atoms with Crippen LogP contribution in [0, 0.1) is 0 Å². The van der Waals surface area contributed by atoms with Gasteiger partial charge in [0.15, 0.2) is 22.8 Å². The quantitative estimate of drug-likeness (QED) is 0.109. The van der Waals surface area contributed by atoms with E-state index in [1.807, 2.05) is 46.2 Å². The fourth-order valence-corrected chi connectivity index (χ4v) is 10.8. The van der Waals surface area contributed by atoms with Gasteiger partial charge < -0.3 is 17.7 Å². The normalized spacial score (nSPS) is 15.8. The molecular weight excluding hydrogens is 560 g/mol. The van der Waals surface area contributed by atoms with Crippen LogP contribution in [0.25, 0.3) is 0 Å². The summed E-state index contributed by atoms with van der Waals surface area (Å²) < 4.78 is 123. The van der Waals surface area contributed by atoms with E-state index < -0.39 is 68.7 Å². The van der Waals surface area contributed by atoms with Gasteiger partial charge in [0, 0.05) is 12.2 Å². The van der Waals surface area contributed by atoms with Gasteiger partial charge in [0.25, 0.3) is 0 Å². The summed E-state index contributed by atoms with van der Waals surface area (Å²) in [5, 5.41) is 0. The van der Waals surface area contributed by atoms with Crippen molar-refractivity contribution in [2.45, 2.75) is 89.0 Å². The van der Waals surface area contributed by atoms with Gasteiger partial charge in [0.05, 0.1) is 13.0 Å². The lowest BCUT2D eigenvalue weighted by molar-refractivity contribution is -0.349. The standard InChI is InChI=1S/C19H32F8O6Si3/c1-13(34(32-35(2,3)4)33-36(5,6)7)10-11-30-15(28)8-9-16(29)31-19(26,27)18(24,25)14(20)12-17(21,22)23/h8-9,13-14,34H,10-12H2,1-7H3. The lowest BCUT2D eigenvalue weighted by atomic mass is 10.1. The first-order chi connectivity index (χ1) is 15.9. The minimum absolute atomic E-state index is 0.00688. The Morgan fingerprint density at radius 3 is 1.72 bits per heavy atom. The van der Waals surface area contributed by atoms with E-state index in [-0.39, 0.29) is 18.2 Å². The van der Waals surface area contributed by atoms with Gasteiger partial charge in [-0.3, -0.25) is 0 Å². The van der Waals surface area contributed by atoms with Crippen molar-refractivity contribution in [1.82, 2.24) is 0 Å². The molecule has 2 atom stereocenters. The van der Waals surface area contributed by atoms with Crippen LogP contribution in [0.1, 0.15) is 19.8 Å². The average Bonchev–Trinajstić information content (AvgIpc) is 2.61. The Labute approximate surface area is 208 Å².